The maximum absolute atomic E-state index is 12.4. The standard InChI is InChI=1S/C16H21N3O3S/c1-5-11-13(16(21)22-4)9(3)14(19-11)15(20)17-7-10-8-23-12(6-2)18-10/h8,19H,5-7H2,1-4H3,(H,17,20). The van der Waals surface area contributed by atoms with Gasteiger partial charge in [0, 0.05) is 11.1 Å². The zero-order chi connectivity index (χ0) is 17.0. The number of ether oxygens (including phenoxy) is 1. The van der Waals surface area contributed by atoms with Crippen LogP contribution in [0.5, 0.6) is 0 Å². The van der Waals surface area contributed by atoms with E-state index in [1.807, 2.05) is 19.2 Å². The van der Waals surface area contributed by atoms with Gasteiger partial charge in [-0.3, -0.25) is 4.79 Å². The number of hydrogen-bond acceptors (Lipinski definition) is 5. The van der Waals surface area contributed by atoms with Crippen molar-refractivity contribution < 1.29 is 14.3 Å². The van der Waals surface area contributed by atoms with Gasteiger partial charge in [-0.1, -0.05) is 13.8 Å². The maximum Gasteiger partial charge on any atom is 0.339 e. The third-order valence-corrected chi connectivity index (χ3v) is 4.67. The highest BCUT2D eigenvalue weighted by atomic mass is 32.1. The van der Waals surface area contributed by atoms with E-state index in [0.29, 0.717) is 35.5 Å². The van der Waals surface area contributed by atoms with Crippen LogP contribution in [0.3, 0.4) is 0 Å². The molecule has 1 amide bonds. The minimum absolute atomic E-state index is 0.251. The smallest absolute Gasteiger partial charge is 0.339 e. The number of nitrogens with zero attached hydrogens (tertiary/aromatic N) is 1. The molecule has 2 N–H and O–H groups in total. The molecule has 23 heavy (non-hydrogen) atoms. The molecule has 0 saturated carbocycles. The molecule has 2 rings (SSSR count). The van der Waals surface area contributed by atoms with E-state index >= 15 is 0 Å². The summed E-state index contributed by atoms with van der Waals surface area (Å²) >= 11 is 1.59. The van der Waals surface area contributed by atoms with Crippen molar-refractivity contribution in [1.82, 2.24) is 15.3 Å². The first-order valence-electron chi connectivity index (χ1n) is 7.52. The Morgan fingerprint density at radius 2 is 2.09 bits per heavy atom. The average molecular weight is 335 g/mol. The van der Waals surface area contributed by atoms with E-state index in [-0.39, 0.29) is 5.91 Å². The van der Waals surface area contributed by atoms with Crippen molar-refractivity contribution in [3.05, 3.63) is 38.6 Å². The lowest BCUT2D eigenvalue weighted by atomic mass is 10.1. The van der Waals surface area contributed by atoms with Gasteiger partial charge >= 0.3 is 5.97 Å². The molecule has 0 unspecified atom stereocenters. The Labute approximate surface area is 139 Å². The van der Waals surface area contributed by atoms with Crippen molar-refractivity contribution in [1.29, 1.82) is 0 Å². The fourth-order valence-electron chi connectivity index (χ4n) is 2.38. The van der Waals surface area contributed by atoms with Crippen molar-refractivity contribution in [2.45, 2.75) is 40.2 Å². The van der Waals surface area contributed by atoms with Gasteiger partial charge in [0.05, 0.1) is 29.9 Å². The minimum atomic E-state index is -0.429. The molecule has 2 aromatic rings. The number of methoxy groups -OCH3 is 1. The largest absolute Gasteiger partial charge is 0.465 e. The predicted octanol–water partition coefficient (Wildman–Crippen LogP) is 2.62. The third kappa shape index (κ3) is 3.61. The summed E-state index contributed by atoms with van der Waals surface area (Å²) in [6.45, 7) is 6.07. The predicted molar refractivity (Wildman–Crippen MR) is 88.9 cm³/mol. The normalized spacial score (nSPS) is 10.6. The molecule has 0 aliphatic heterocycles. The second-order valence-electron chi connectivity index (χ2n) is 5.09. The van der Waals surface area contributed by atoms with E-state index in [9.17, 15) is 9.59 Å². The second-order valence-corrected chi connectivity index (χ2v) is 6.04. The monoisotopic (exact) mass is 335 g/mol. The Bertz CT molecular complexity index is 718. The van der Waals surface area contributed by atoms with Crippen LogP contribution in [0, 0.1) is 6.92 Å². The highest BCUT2D eigenvalue weighted by molar-refractivity contribution is 7.09. The van der Waals surface area contributed by atoms with Gasteiger partial charge in [-0.2, -0.15) is 0 Å². The summed E-state index contributed by atoms with van der Waals surface area (Å²) in [7, 11) is 1.33. The first-order valence-corrected chi connectivity index (χ1v) is 8.40. The average Bonchev–Trinajstić information content (AvgIpc) is 3.15. The lowest BCUT2D eigenvalue weighted by molar-refractivity contribution is 0.0599. The van der Waals surface area contributed by atoms with Crippen LogP contribution in [0.2, 0.25) is 0 Å². The molecule has 0 saturated heterocycles. The lowest BCUT2D eigenvalue weighted by Gasteiger charge is -2.03. The SMILES string of the molecule is CCc1nc(CNC(=O)c2[nH]c(CC)c(C(=O)OC)c2C)cs1. The third-order valence-electron chi connectivity index (χ3n) is 3.63. The summed E-state index contributed by atoms with van der Waals surface area (Å²) in [6, 6.07) is 0. The molecule has 0 radical (unpaired) electrons. The molecular formula is C16H21N3O3S. The molecule has 0 bridgehead atoms. The van der Waals surface area contributed by atoms with Crippen molar-refractivity contribution in [3.8, 4) is 0 Å². The van der Waals surface area contributed by atoms with Gasteiger partial charge in [-0.05, 0) is 25.3 Å². The highest BCUT2D eigenvalue weighted by Gasteiger charge is 2.23. The maximum atomic E-state index is 12.4. The molecule has 6 nitrogen and oxygen atoms in total. The van der Waals surface area contributed by atoms with Crippen molar-refractivity contribution in [2.75, 3.05) is 7.11 Å². The van der Waals surface area contributed by atoms with Crippen LogP contribution >= 0.6 is 11.3 Å². The molecule has 7 heteroatoms. The molecular weight excluding hydrogens is 314 g/mol. The van der Waals surface area contributed by atoms with Gasteiger partial charge in [0.15, 0.2) is 0 Å². The van der Waals surface area contributed by atoms with Crippen LogP contribution in [-0.2, 0) is 24.1 Å². The van der Waals surface area contributed by atoms with Crippen molar-refractivity contribution in [2.24, 2.45) is 0 Å². The van der Waals surface area contributed by atoms with E-state index < -0.39 is 5.97 Å². The van der Waals surface area contributed by atoms with E-state index in [4.69, 9.17) is 4.74 Å². The van der Waals surface area contributed by atoms with E-state index in [2.05, 4.69) is 15.3 Å². The summed E-state index contributed by atoms with van der Waals surface area (Å²) in [5, 5.41) is 5.83. The molecule has 2 heterocycles. The van der Waals surface area contributed by atoms with Gasteiger partial charge in [0.1, 0.15) is 5.69 Å². The zero-order valence-corrected chi connectivity index (χ0v) is 14.6. The summed E-state index contributed by atoms with van der Waals surface area (Å²) in [5.41, 5.74) is 3.00. The number of nitrogens with one attached hydrogen (secondary N) is 2. The topological polar surface area (TPSA) is 84.1 Å². The zero-order valence-electron chi connectivity index (χ0n) is 13.8. The number of H-pyrrole nitrogens is 1. The first kappa shape index (κ1) is 17.2. The van der Waals surface area contributed by atoms with Crippen LogP contribution in [0.15, 0.2) is 5.38 Å². The quantitative estimate of drug-likeness (QED) is 0.795. The van der Waals surface area contributed by atoms with Gasteiger partial charge < -0.3 is 15.0 Å². The van der Waals surface area contributed by atoms with Crippen molar-refractivity contribution >= 4 is 23.2 Å². The Balaban J connectivity index is 2.15. The Kier molecular flexibility index (Phi) is 5.54. The number of amides is 1. The molecule has 0 aliphatic carbocycles. The Hall–Kier alpha value is -2.15. The minimum Gasteiger partial charge on any atom is -0.465 e. The van der Waals surface area contributed by atoms with Crippen LogP contribution in [-0.4, -0.2) is 29.0 Å². The van der Waals surface area contributed by atoms with Crippen LogP contribution < -0.4 is 5.32 Å². The molecule has 0 atom stereocenters. The van der Waals surface area contributed by atoms with Crippen molar-refractivity contribution in [3.63, 3.8) is 0 Å². The van der Waals surface area contributed by atoms with Crippen LogP contribution in [0.25, 0.3) is 0 Å². The van der Waals surface area contributed by atoms with Gasteiger partial charge in [0.2, 0.25) is 0 Å². The highest BCUT2D eigenvalue weighted by Crippen LogP contribution is 2.20. The van der Waals surface area contributed by atoms with Gasteiger partial charge in [-0.15, -0.1) is 11.3 Å². The van der Waals surface area contributed by atoms with Crippen LogP contribution in [0.1, 0.15) is 56.7 Å². The number of hydrogen-bond donors (Lipinski definition) is 2. The second kappa shape index (κ2) is 7.41. The van der Waals surface area contributed by atoms with Gasteiger partial charge in [0.25, 0.3) is 5.91 Å². The number of carbonyl (C=O) groups is 2. The Morgan fingerprint density at radius 3 is 2.65 bits per heavy atom. The fraction of sp³-hybridized carbons (Fsp3) is 0.438. The molecule has 0 aromatic carbocycles. The summed E-state index contributed by atoms with van der Waals surface area (Å²) in [4.78, 5) is 31.7. The summed E-state index contributed by atoms with van der Waals surface area (Å²) in [5.74, 6) is -0.680. The summed E-state index contributed by atoms with van der Waals surface area (Å²) < 4.78 is 4.80. The molecule has 0 spiro atoms. The van der Waals surface area contributed by atoms with E-state index in [1.54, 1.807) is 18.3 Å². The van der Waals surface area contributed by atoms with Crippen LogP contribution in [0.4, 0.5) is 0 Å². The molecule has 0 fully saturated rings. The number of rotatable bonds is 6. The molecule has 2 aromatic heterocycles. The van der Waals surface area contributed by atoms with E-state index in [0.717, 1.165) is 17.1 Å². The number of aryl methyl sites for hydroxylation is 2. The number of aromatic amines is 1. The number of carbonyl (C=O) groups excluding carboxylic acids is 2. The fourth-order valence-corrected chi connectivity index (χ4v) is 3.13. The first-order chi connectivity index (χ1) is 11.0. The molecule has 124 valence electrons. The number of esters is 1. The Morgan fingerprint density at radius 1 is 1.35 bits per heavy atom. The molecule has 0 aliphatic rings. The van der Waals surface area contributed by atoms with Gasteiger partial charge in [-0.25, -0.2) is 9.78 Å². The number of thiazole rings is 1. The summed E-state index contributed by atoms with van der Waals surface area (Å²) in [6.07, 6.45) is 1.50. The lowest BCUT2D eigenvalue weighted by Crippen LogP contribution is -2.24. The van der Waals surface area contributed by atoms with E-state index in [1.165, 1.54) is 7.11 Å². The number of aromatic nitrogens is 2.